The third-order valence-electron chi connectivity index (χ3n) is 4.33. The highest BCUT2D eigenvalue weighted by atomic mass is 79.9. The molecule has 2 aromatic rings. The highest BCUT2D eigenvalue weighted by Gasteiger charge is 2.32. The van der Waals surface area contributed by atoms with Crippen LogP contribution in [0.1, 0.15) is 17.2 Å². The Bertz CT molecular complexity index is 804. The van der Waals surface area contributed by atoms with E-state index < -0.39 is 18.2 Å². The maximum atomic E-state index is 14.6. The molecule has 162 valence electrons. The molecule has 0 aliphatic carbocycles. The minimum Gasteiger partial charge on any atom is -0.506 e. The summed E-state index contributed by atoms with van der Waals surface area (Å²) < 4.78 is 56.0. The van der Waals surface area contributed by atoms with Crippen molar-refractivity contribution in [1.29, 1.82) is 0 Å². The van der Waals surface area contributed by atoms with Gasteiger partial charge in [0, 0.05) is 26.2 Å². The number of alkyl halides is 3. The van der Waals surface area contributed by atoms with Crippen LogP contribution in [-0.2, 0) is 0 Å². The van der Waals surface area contributed by atoms with E-state index in [1.807, 2.05) is 4.90 Å². The Morgan fingerprint density at radius 1 is 1.03 bits per heavy atom. The van der Waals surface area contributed by atoms with Gasteiger partial charge in [-0.1, -0.05) is 12.1 Å². The van der Waals surface area contributed by atoms with Crippen LogP contribution in [-0.4, -0.2) is 42.5 Å². The van der Waals surface area contributed by atoms with Gasteiger partial charge in [-0.25, -0.2) is 4.39 Å². The van der Waals surface area contributed by atoms with Crippen LogP contribution < -0.4 is 10.1 Å². The Hall–Kier alpha value is -1.26. The van der Waals surface area contributed by atoms with Gasteiger partial charge in [-0.15, -0.1) is 38.0 Å². The second-order valence-corrected chi connectivity index (χ2v) is 6.95. The maximum absolute atomic E-state index is 14.6. The SMILES string of the molecule is Cl.Cl.Oc1c(Br)ccc(F)c1[C@H](c1ccc(OC(F)(F)F)cc1)N1CCNCC1. The molecule has 4 nitrogen and oxygen atoms in total. The lowest BCUT2D eigenvalue weighted by Gasteiger charge is -2.36. The lowest BCUT2D eigenvalue weighted by Crippen LogP contribution is -2.45. The first-order valence-corrected chi connectivity index (χ1v) is 9.03. The monoisotopic (exact) mass is 520 g/mol. The number of hydrogen-bond acceptors (Lipinski definition) is 4. The fraction of sp³-hybridized carbons (Fsp3) is 0.333. The molecule has 29 heavy (non-hydrogen) atoms. The third-order valence-corrected chi connectivity index (χ3v) is 4.97. The first-order chi connectivity index (χ1) is 12.8. The van der Waals surface area contributed by atoms with Gasteiger partial charge in [-0.3, -0.25) is 4.90 Å². The van der Waals surface area contributed by atoms with Crippen LogP contribution in [0.3, 0.4) is 0 Å². The van der Waals surface area contributed by atoms with E-state index in [0.717, 1.165) is 0 Å². The Labute approximate surface area is 186 Å². The van der Waals surface area contributed by atoms with Crippen molar-refractivity contribution in [1.82, 2.24) is 10.2 Å². The summed E-state index contributed by atoms with van der Waals surface area (Å²) in [4.78, 5) is 1.97. The average molecular weight is 522 g/mol. The number of ether oxygens (including phenoxy) is 1. The van der Waals surface area contributed by atoms with Crippen LogP contribution in [0.25, 0.3) is 0 Å². The Kier molecular flexibility index (Phi) is 9.49. The number of nitrogens with one attached hydrogen (secondary N) is 1. The summed E-state index contributed by atoms with van der Waals surface area (Å²) in [5.41, 5.74) is 0.634. The predicted molar refractivity (Wildman–Crippen MR) is 110 cm³/mol. The van der Waals surface area contributed by atoms with Crippen molar-refractivity contribution in [3.05, 3.63) is 57.8 Å². The molecule has 1 atom stereocenters. The third kappa shape index (κ3) is 6.36. The number of aromatic hydroxyl groups is 1. The van der Waals surface area contributed by atoms with Crippen LogP contribution in [0.4, 0.5) is 17.6 Å². The zero-order valence-corrected chi connectivity index (χ0v) is 18.1. The van der Waals surface area contributed by atoms with Crippen LogP contribution in [0.2, 0.25) is 0 Å². The molecule has 0 bridgehead atoms. The normalized spacial score (nSPS) is 15.8. The summed E-state index contributed by atoms with van der Waals surface area (Å²) in [5.74, 6) is -1.17. The lowest BCUT2D eigenvalue weighted by atomic mass is 9.95. The fourth-order valence-corrected chi connectivity index (χ4v) is 3.51. The second kappa shape index (κ2) is 10.7. The molecule has 1 saturated heterocycles. The lowest BCUT2D eigenvalue weighted by molar-refractivity contribution is -0.274. The van der Waals surface area contributed by atoms with Gasteiger partial charge in [0.05, 0.1) is 16.1 Å². The van der Waals surface area contributed by atoms with Crippen LogP contribution in [0.5, 0.6) is 11.5 Å². The molecular weight excluding hydrogens is 503 g/mol. The van der Waals surface area contributed by atoms with E-state index in [4.69, 9.17) is 0 Å². The fourth-order valence-electron chi connectivity index (χ4n) is 3.17. The molecular formula is C18H19BrCl2F4N2O2. The van der Waals surface area contributed by atoms with Crippen molar-refractivity contribution in [2.24, 2.45) is 0 Å². The molecule has 1 heterocycles. The summed E-state index contributed by atoms with van der Waals surface area (Å²) in [5, 5.41) is 13.6. The molecule has 0 aromatic heterocycles. The van der Waals surface area contributed by atoms with E-state index >= 15 is 0 Å². The van der Waals surface area contributed by atoms with E-state index in [9.17, 15) is 22.7 Å². The Morgan fingerprint density at radius 2 is 1.62 bits per heavy atom. The second-order valence-electron chi connectivity index (χ2n) is 6.10. The number of halogens is 7. The molecule has 0 spiro atoms. The van der Waals surface area contributed by atoms with E-state index in [-0.39, 0.29) is 41.9 Å². The molecule has 0 unspecified atom stereocenters. The molecule has 1 aliphatic heterocycles. The van der Waals surface area contributed by atoms with Gasteiger partial charge in [0.2, 0.25) is 0 Å². The van der Waals surface area contributed by atoms with E-state index in [1.54, 1.807) is 0 Å². The molecule has 0 amide bonds. The molecule has 0 radical (unpaired) electrons. The maximum Gasteiger partial charge on any atom is 0.573 e. The summed E-state index contributed by atoms with van der Waals surface area (Å²) >= 11 is 3.20. The Balaban J connectivity index is 0.00000210. The summed E-state index contributed by atoms with van der Waals surface area (Å²) in [6.45, 7) is 2.55. The quantitative estimate of drug-likeness (QED) is 0.554. The predicted octanol–water partition coefficient (Wildman–Crippen LogP) is 5.03. The number of nitrogens with zero attached hydrogens (tertiary/aromatic N) is 1. The van der Waals surface area contributed by atoms with Gasteiger partial charge in [0.25, 0.3) is 0 Å². The van der Waals surface area contributed by atoms with E-state index in [0.29, 0.717) is 36.2 Å². The van der Waals surface area contributed by atoms with Gasteiger partial charge < -0.3 is 15.2 Å². The highest BCUT2D eigenvalue weighted by molar-refractivity contribution is 9.10. The highest BCUT2D eigenvalue weighted by Crippen LogP contribution is 2.40. The smallest absolute Gasteiger partial charge is 0.506 e. The topological polar surface area (TPSA) is 44.7 Å². The van der Waals surface area contributed by atoms with Crippen molar-refractivity contribution in [3.8, 4) is 11.5 Å². The molecule has 2 N–H and O–H groups in total. The minimum atomic E-state index is -4.78. The van der Waals surface area contributed by atoms with Gasteiger partial charge in [0.1, 0.15) is 17.3 Å². The zero-order valence-electron chi connectivity index (χ0n) is 14.9. The molecule has 0 saturated carbocycles. The number of piperazine rings is 1. The van der Waals surface area contributed by atoms with E-state index in [1.165, 1.54) is 36.4 Å². The molecule has 3 rings (SSSR count). The molecule has 2 aromatic carbocycles. The standard InChI is InChI=1S/C18H17BrF4N2O2.2ClH/c19-13-5-6-14(20)15(17(13)26)16(25-9-7-24-8-10-25)11-1-3-12(4-2-11)27-18(21,22)23;;/h1-6,16,24,26H,7-10H2;2*1H/t16-;;/m0../s1. The van der Waals surface area contributed by atoms with Crippen molar-refractivity contribution < 1.29 is 27.4 Å². The van der Waals surface area contributed by atoms with Crippen LogP contribution in [0, 0.1) is 5.82 Å². The number of phenols is 1. The van der Waals surface area contributed by atoms with Crippen molar-refractivity contribution in [2.75, 3.05) is 26.2 Å². The first-order valence-electron chi connectivity index (χ1n) is 8.23. The summed E-state index contributed by atoms with van der Waals surface area (Å²) in [7, 11) is 0. The number of benzene rings is 2. The van der Waals surface area contributed by atoms with Crippen molar-refractivity contribution in [2.45, 2.75) is 12.4 Å². The van der Waals surface area contributed by atoms with E-state index in [2.05, 4.69) is 26.0 Å². The van der Waals surface area contributed by atoms with Gasteiger partial charge in [0.15, 0.2) is 0 Å². The average Bonchev–Trinajstić information content (AvgIpc) is 2.62. The molecule has 1 aliphatic rings. The van der Waals surface area contributed by atoms with Crippen LogP contribution >= 0.6 is 40.7 Å². The van der Waals surface area contributed by atoms with Crippen molar-refractivity contribution >= 4 is 40.7 Å². The Morgan fingerprint density at radius 3 is 2.17 bits per heavy atom. The van der Waals surface area contributed by atoms with Crippen molar-refractivity contribution in [3.63, 3.8) is 0 Å². The summed E-state index contributed by atoms with van der Waals surface area (Å²) in [6.07, 6.45) is -4.78. The van der Waals surface area contributed by atoms with Gasteiger partial charge in [-0.2, -0.15) is 0 Å². The van der Waals surface area contributed by atoms with Gasteiger partial charge >= 0.3 is 6.36 Å². The van der Waals surface area contributed by atoms with Gasteiger partial charge in [-0.05, 0) is 45.8 Å². The molecule has 1 fully saturated rings. The number of phenolic OH excluding ortho intramolecular Hbond substituents is 1. The number of hydrogen-bond donors (Lipinski definition) is 2. The first kappa shape index (κ1) is 25.8. The zero-order chi connectivity index (χ0) is 19.6. The number of rotatable bonds is 4. The minimum absolute atomic E-state index is 0. The summed E-state index contributed by atoms with van der Waals surface area (Å²) in [6, 6.07) is 7.28. The molecule has 11 heteroatoms. The largest absolute Gasteiger partial charge is 0.573 e. The van der Waals surface area contributed by atoms with Crippen LogP contribution in [0.15, 0.2) is 40.9 Å².